The smallest absolute Gasteiger partial charge is 0.392 e. The van der Waals surface area contributed by atoms with E-state index in [0.29, 0.717) is 17.3 Å². The molecule has 1 aromatic carbocycles. The minimum atomic E-state index is -4.90. The number of aromatic nitrogens is 4. The third-order valence-electron chi connectivity index (χ3n) is 5.50. The number of aliphatic hydroxyl groups is 1. The van der Waals surface area contributed by atoms with E-state index in [0.717, 1.165) is 21.1 Å². The molecular weight excluding hydrogens is 504 g/mol. The number of fused-ring (bicyclic) bond motifs is 1. The van der Waals surface area contributed by atoms with E-state index >= 15 is 0 Å². The summed E-state index contributed by atoms with van der Waals surface area (Å²) in [5.41, 5.74) is -0.866. The first-order valence-corrected chi connectivity index (χ1v) is 11.6. The van der Waals surface area contributed by atoms with Crippen molar-refractivity contribution < 1.29 is 39.9 Å². The summed E-state index contributed by atoms with van der Waals surface area (Å²) in [6.45, 7) is -0.858. The van der Waals surface area contributed by atoms with Gasteiger partial charge in [0.25, 0.3) is 10.0 Å². The van der Waals surface area contributed by atoms with E-state index in [1.807, 2.05) is 0 Å². The second-order valence-corrected chi connectivity index (χ2v) is 9.83. The van der Waals surface area contributed by atoms with Crippen molar-refractivity contribution in [1.82, 2.24) is 24.3 Å². The van der Waals surface area contributed by atoms with Crippen molar-refractivity contribution in [3.63, 3.8) is 0 Å². The van der Waals surface area contributed by atoms with Crippen LogP contribution < -0.4 is 4.72 Å². The van der Waals surface area contributed by atoms with Crippen molar-refractivity contribution in [3.8, 4) is 0 Å². The quantitative estimate of drug-likeness (QED) is 0.484. The lowest BCUT2D eigenvalue weighted by molar-refractivity contribution is -0.142. The number of aliphatic hydroxyl groups excluding tert-OH is 1. The number of aryl methyl sites for hydroxylation is 1. The van der Waals surface area contributed by atoms with E-state index in [9.17, 15) is 39.9 Å². The van der Waals surface area contributed by atoms with Crippen LogP contribution in [0.15, 0.2) is 35.6 Å². The summed E-state index contributed by atoms with van der Waals surface area (Å²) < 4.78 is 108. The monoisotopic (exact) mass is 523 g/mol. The lowest BCUT2D eigenvalue weighted by Gasteiger charge is -2.13. The van der Waals surface area contributed by atoms with Crippen LogP contribution in [-0.2, 0) is 55.4 Å². The van der Waals surface area contributed by atoms with E-state index in [4.69, 9.17) is 0 Å². The van der Waals surface area contributed by atoms with Crippen LogP contribution >= 0.6 is 0 Å². The highest BCUT2D eigenvalue weighted by Crippen LogP contribution is 2.34. The summed E-state index contributed by atoms with van der Waals surface area (Å²) in [7, 11) is -3.40. The molecule has 0 radical (unpaired) electrons. The maximum absolute atomic E-state index is 13.2. The zero-order valence-corrected chi connectivity index (χ0v) is 18.8. The summed E-state index contributed by atoms with van der Waals surface area (Å²) in [6, 6.07) is 4.28. The van der Waals surface area contributed by atoms with Crippen LogP contribution in [0.5, 0.6) is 0 Å². The van der Waals surface area contributed by atoms with Gasteiger partial charge < -0.3 is 5.11 Å². The summed E-state index contributed by atoms with van der Waals surface area (Å²) in [5, 5.41) is 15.0. The van der Waals surface area contributed by atoms with Crippen LogP contribution in [-0.4, -0.2) is 39.1 Å². The molecule has 0 unspecified atom stereocenters. The van der Waals surface area contributed by atoms with Crippen LogP contribution in [0.3, 0.4) is 0 Å². The van der Waals surface area contributed by atoms with Crippen molar-refractivity contribution in [2.45, 2.75) is 49.4 Å². The Morgan fingerprint density at radius 2 is 1.74 bits per heavy atom. The number of halogens is 6. The van der Waals surface area contributed by atoms with Crippen LogP contribution in [0, 0.1) is 0 Å². The van der Waals surface area contributed by atoms with Gasteiger partial charge in [-0.1, -0.05) is 18.2 Å². The lowest BCUT2D eigenvalue weighted by atomic mass is 10.1. The van der Waals surface area contributed by atoms with Gasteiger partial charge in [0.1, 0.15) is 5.56 Å². The molecule has 1 aliphatic rings. The molecule has 0 saturated heterocycles. The average Bonchev–Trinajstić information content (AvgIpc) is 3.42. The predicted octanol–water partition coefficient (Wildman–Crippen LogP) is 2.64. The molecule has 2 N–H and O–H groups in total. The fourth-order valence-corrected chi connectivity index (χ4v) is 5.49. The van der Waals surface area contributed by atoms with Gasteiger partial charge in [-0.25, -0.2) is 13.1 Å². The maximum atomic E-state index is 13.2. The van der Waals surface area contributed by atoms with Crippen LogP contribution in [0.2, 0.25) is 0 Å². The molecule has 1 aliphatic carbocycles. The summed E-state index contributed by atoms with van der Waals surface area (Å²) in [5.74, 6) is 0. The van der Waals surface area contributed by atoms with Gasteiger partial charge in [-0.05, 0) is 29.5 Å². The van der Waals surface area contributed by atoms with Crippen LogP contribution in [0.25, 0.3) is 0 Å². The third-order valence-corrected chi connectivity index (χ3v) is 6.96. The molecule has 1 atom stereocenters. The largest absolute Gasteiger partial charge is 0.435 e. The normalized spacial score (nSPS) is 16.6. The highest BCUT2D eigenvalue weighted by Gasteiger charge is 2.41. The Bertz CT molecular complexity index is 1360. The van der Waals surface area contributed by atoms with E-state index < -0.39 is 51.3 Å². The summed E-state index contributed by atoms with van der Waals surface area (Å²) >= 11 is 0. The first kappa shape index (κ1) is 25.2. The molecule has 2 aromatic heterocycles. The topological polar surface area (TPSA) is 102 Å². The first-order valence-electron chi connectivity index (χ1n) is 10.2. The number of hydrogen-bond acceptors (Lipinski definition) is 5. The van der Waals surface area contributed by atoms with Gasteiger partial charge in [-0.15, -0.1) is 0 Å². The number of nitrogens with zero attached hydrogens (tertiary/aromatic N) is 4. The van der Waals surface area contributed by atoms with E-state index in [1.165, 1.54) is 7.05 Å². The summed E-state index contributed by atoms with van der Waals surface area (Å²) in [6.07, 6.45) is -7.54. The number of benzene rings is 1. The van der Waals surface area contributed by atoms with Gasteiger partial charge in [-0.3, -0.25) is 9.36 Å². The number of alkyl halides is 6. The zero-order chi connectivity index (χ0) is 25.8. The Morgan fingerprint density at radius 3 is 2.34 bits per heavy atom. The Hall–Kier alpha value is -2.91. The maximum Gasteiger partial charge on any atom is 0.435 e. The third kappa shape index (κ3) is 5.21. The molecule has 8 nitrogen and oxygen atoms in total. The van der Waals surface area contributed by atoms with Gasteiger partial charge in [0.2, 0.25) is 5.03 Å². The van der Waals surface area contributed by atoms with Crippen molar-refractivity contribution in [2.75, 3.05) is 0 Å². The highest BCUT2D eigenvalue weighted by molar-refractivity contribution is 7.89. The molecule has 190 valence electrons. The number of nitrogens with one attached hydrogen (secondary N) is 1. The molecule has 15 heteroatoms. The van der Waals surface area contributed by atoms with Crippen molar-refractivity contribution in [3.05, 3.63) is 64.1 Å². The van der Waals surface area contributed by atoms with Gasteiger partial charge in [-0.2, -0.15) is 36.5 Å². The van der Waals surface area contributed by atoms with E-state index in [-0.39, 0.29) is 24.9 Å². The molecule has 0 bridgehead atoms. The van der Waals surface area contributed by atoms with Crippen molar-refractivity contribution in [1.29, 1.82) is 0 Å². The van der Waals surface area contributed by atoms with Gasteiger partial charge in [0.15, 0.2) is 5.69 Å². The van der Waals surface area contributed by atoms with E-state index in [1.54, 1.807) is 18.2 Å². The second-order valence-electron chi connectivity index (χ2n) is 8.21. The number of sulfonamides is 1. The molecular formula is C20H19F6N5O3S. The van der Waals surface area contributed by atoms with Crippen molar-refractivity contribution >= 4 is 10.0 Å². The Balaban J connectivity index is 1.50. The second kappa shape index (κ2) is 8.64. The highest BCUT2D eigenvalue weighted by atomic mass is 32.2. The lowest BCUT2D eigenvalue weighted by Crippen LogP contribution is -2.36. The van der Waals surface area contributed by atoms with Crippen LogP contribution in [0.1, 0.15) is 33.5 Å². The van der Waals surface area contributed by atoms with Gasteiger partial charge >= 0.3 is 12.4 Å². The number of hydrogen-bond donors (Lipinski definition) is 2. The van der Waals surface area contributed by atoms with Gasteiger partial charge in [0.05, 0.1) is 13.2 Å². The molecule has 35 heavy (non-hydrogen) atoms. The fraction of sp³-hybridized carbons (Fsp3) is 0.400. The number of rotatable bonds is 6. The Morgan fingerprint density at radius 1 is 1.06 bits per heavy atom. The molecule has 0 fully saturated rings. The predicted molar refractivity (Wildman–Crippen MR) is 108 cm³/mol. The molecule has 2 heterocycles. The minimum absolute atomic E-state index is 0.0321. The molecule has 0 spiro atoms. The summed E-state index contributed by atoms with van der Waals surface area (Å²) in [4.78, 5) is 0. The fourth-order valence-electron chi connectivity index (χ4n) is 4.07. The van der Waals surface area contributed by atoms with Gasteiger partial charge in [0, 0.05) is 31.0 Å². The average molecular weight is 523 g/mol. The zero-order valence-electron chi connectivity index (χ0n) is 18.0. The molecule has 0 amide bonds. The SMILES string of the molecule is Cn1cc(C(F)(F)F)c(S(=O)(=O)N[C@H]2Cc3ccc(Cn4cc(CO)c(C(F)(F)F)n4)cc3C2)n1. The van der Waals surface area contributed by atoms with E-state index in [2.05, 4.69) is 14.9 Å². The van der Waals surface area contributed by atoms with Crippen LogP contribution in [0.4, 0.5) is 26.3 Å². The molecule has 0 saturated carbocycles. The standard InChI is InChI=1S/C20H19F6N5O3S/c1-30-9-16(19(21,22)23)18(28-30)35(33,34)29-15-5-12-3-2-11(4-13(12)6-15)7-31-8-14(10-32)17(27-31)20(24,25)26/h2-4,8-9,15,29,32H,5-7,10H2,1H3/t15-/m0/s1. The van der Waals surface area contributed by atoms with Crippen molar-refractivity contribution in [2.24, 2.45) is 7.05 Å². The first-order chi connectivity index (χ1) is 16.2. The molecule has 3 aromatic rings. The molecule has 4 rings (SSSR count). The minimum Gasteiger partial charge on any atom is -0.392 e. The Labute approximate surface area is 195 Å². The molecule has 0 aliphatic heterocycles. The Kier molecular flexibility index (Phi) is 6.22.